The molecule has 0 aliphatic carbocycles. The Bertz CT molecular complexity index is 1360. The third-order valence-electron chi connectivity index (χ3n) is 10.3. The van der Waals surface area contributed by atoms with Gasteiger partial charge in [0.1, 0.15) is 23.1 Å². The lowest BCUT2D eigenvalue weighted by molar-refractivity contribution is -0.136. The molecule has 1 amide bonds. The van der Waals surface area contributed by atoms with Crippen molar-refractivity contribution in [2.75, 3.05) is 6.61 Å². The maximum absolute atomic E-state index is 13.7. The second-order valence-corrected chi connectivity index (χ2v) is 17.0. The molecule has 0 saturated heterocycles. The Kier molecular flexibility index (Phi) is 15.1. The molecule has 0 saturated carbocycles. The lowest BCUT2D eigenvalue weighted by Crippen LogP contribution is -2.46. The Labute approximate surface area is 298 Å². The number of amides is 1. The zero-order valence-electron chi connectivity index (χ0n) is 32.7. The zero-order valence-corrected chi connectivity index (χ0v) is 32.7. The fourth-order valence-corrected chi connectivity index (χ4v) is 7.14. The van der Waals surface area contributed by atoms with Crippen LogP contribution in [0.25, 0.3) is 0 Å². The molecule has 274 valence electrons. The lowest BCUT2D eigenvalue weighted by Gasteiger charge is -2.37. The maximum Gasteiger partial charge on any atom is 0.408 e. The van der Waals surface area contributed by atoms with E-state index in [0.29, 0.717) is 12.4 Å². The average Bonchev–Trinajstić information content (AvgIpc) is 3.01. The molecule has 3 rings (SSSR count). The highest BCUT2D eigenvalue weighted by Gasteiger charge is 2.35. The van der Waals surface area contributed by atoms with Gasteiger partial charge >= 0.3 is 12.1 Å². The number of alkyl carbamates (subject to hydrolysis) is 1. The van der Waals surface area contributed by atoms with E-state index in [0.717, 1.165) is 58.6 Å². The first-order valence-electron chi connectivity index (χ1n) is 19.0. The average molecular weight is 678 g/mol. The Hall–Kier alpha value is -3.02. The molecule has 1 aliphatic rings. The van der Waals surface area contributed by atoms with Crippen LogP contribution in [0.15, 0.2) is 30.3 Å². The number of benzene rings is 2. The standard InChI is InChI=1S/C43H67NO5/c1-29(2)18-15-19-30(3)20-16-21-31(4)22-17-25-43(11)27-36-32(5)33(6)38(34(7)39(36)47-28-43)48-40(45)37(26-35-23-13-12-14-24-35)44-41(46)49-42(8,9)10/h12-14,23-24,29-31,37H,15-22,25-28H2,1-11H3,(H,44,46)/t30-,31+,37-,43-/m1/s1. The highest BCUT2D eigenvalue weighted by Crippen LogP contribution is 2.46. The van der Waals surface area contributed by atoms with Gasteiger partial charge in [0, 0.05) is 17.4 Å². The van der Waals surface area contributed by atoms with Crippen LogP contribution in [-0.2, 0) is 22.4 Å². The Morgan fingerprint density at radius 2 is 1.45 bits per heavy atom. The van der Waals surface area contributed by atoms with E-state index < -0.39 is 23.7 Å². The van der Waals surface area contributed by atoms with Gasteiger partial charge in [0.15, 0.2) is 0 Å². The summed E-state index contributed by atoms with van der Waals surface area (Å²) in [6, 6.07) is 8.69. The van der Waals surface area contributed by atoms with Crippen LogP contribution < -0.4 is 14.8 Å². The quantitative estimate of drug-likeness (QED) is 0.133. The van der Waals surface area contributed by atoms with Gasteiger partial charge in [0.25, 0.3) is 0 Å². The lowest BCUT2D eigenvalue weighted by atomic mass is 9.75. The van der Waals surface area contributed by atoms with E-state index >= 15 is 0 Å². The summed E-state index contributed by atoms with van der Waals surface area (Å²) < 4.78 is 18.1. The van der Waals surface area contributed by atoms with Crippen molar-refractivity contribution in [3.63, 3.8) is 0 Å². The summed E-state index contributed by atoms with van der Waals surface area (Å²) in [6.45, 7) is 24.0. The van der Waals surface area contributed by atoms with Gasteiger partial charge in [-0.15, -0.1) is 0 Å². The number of ether oxygens (including phenoxy) is 3. The Morgan fingerprint density at radius 3 is 2.04 bits per heavy atom. The van der Waals surface area contributed by atoms with Gasteiger partial charge in [-0.2, -0.15) is 0 Å². The van der Waals surface area contributed by atoms with Crippen LogP contribution in [0.3, 0.4) is 0 Å². The molecular formula is C43H67NO5. The summed E-state index contributed by atoms with van der Waals surface area (Å²) >= 11 is 0. The largest absolute Gasteiger partial charge is 0.492 e. The van der Waals surface area contributed by atoms with Crippen molar-refractivity contribution in [2.45, 2.75) is 158 Å². The van der Waals surface area contributed by atoms with Crippen LogP contribution in [0, 0.1) is 43.9 Å². The molecule has 2 aromatic rings. The van der Waals surface area contributed by atoms with E-state index in [4.69, 9.17) is 14.2 Å². The molecule has 1 N–H and O–H groups in total. The van der Waals surface area contributed by atoms with Gasteiger partial charge in [-0.05, 0) is 94.4 Å². The van der Waals surface area contributed by atoms with Gasteiger partial charge in [0.2, 0.25) is 0 Å². The van der Waals surface area contributed by atoms with E-state index in [1.54, 1.807) is 20.8 Å². The molecule has 0 radical (unpaired) electrons. The molecule has 0 bridgehead atoms. The van der Waals surface area contributed by atoms with Crippen molar-refractivity contribution >= 4 is 12.1 Å². The van der Waals surface area contributed by atoms with Crippen LogP contribution in [0.2, 0.25) is 0 Å². The van der Waals surface area contributed by atoms with Crippen molar-refractivity contribution in [3.8, 4) is 11.5 Å². The fourth-order valence-electron chi connectivity index (χ4n) is 7.14. The second kappa shape index (κ2) is 18.3. The maximum atomic E-state index is 13.7. The van der Waals surface area contributed by atoms with Crippen molar-refractivity contribution in [1.82, 2.24) is 5.32 Å². The first kappa shape index (κ1) is 40.4. The fraction of sp³-hybridized carbons (Fsp3) is 0.674. The van der Waals surface area contributed by atoms with Crippen molar-refractivity contribution in [3.05, 3.63) is 58.1 Å². The Balaban J connectivity index is 1.62. The number of esters is 1. The molecule has 0 fully saturated rings. The third-order valence-corrected chi connectivity index (χ3v) is 10.3. The summed E-state index contributed by atoms with van der Waals surface area (Å²) in [5.74, 6) is 3.22. The molecule has 2 aromatic carbocycles. The number of carbonyl (C=O) groups excluding carboxylic acids is 2. The van der Waals surface area contributed by atoms with Crippen molar-refractivity contribution < 1.29 is 23.8 Å². The summed E-state index contributed by atoms with van der Waals surface area (Å²) in [4.78, 5) is 26.4. The highest BCUT2D eigenvalue weighted by molar-refractivity contribution is 5.84. The molecule has 1 heterocycles. The number of carbonyl (C=O) groups is 2. The third kappa shape index (κ3) is 13.0. The van der Waals surface area contributed by atoms with Crippen molar-refractivity contribution in [1.29, 1.82) is 0 Å². The molecule has 6 nitrogen and oxygen atoms in total. The number of hydrogen-bond donors (Lipinski definition) is 1. The summed E-state index contributed by atoms with van der Waals surface area (Å²) in [6.07, 6.45) is 12.3. The van der Waals surface area contributed by atoms with Crippen molar-refractivity contribution in [2.24, 2.45) is 23.2 Å². The van der Waals surface area contributed by atoms with Crippen LogP contribution in [-0.4, -0.2) is 30.3 Å². The molecule has 0 aromatic heterocycles. The molecule has 49 heavy (non-hydrogen) atoms. The topological polar surface area (TPSA) is 73.9 Å². The molecule has 0 unspecified atom stereocenters. The number of fused-ring (bicyclic) bond motifs is 1. The van der Waals surface area contributed by atoms with E-state index in [2.05, 4.69) is 46.9 Å². The highest BCUT2D eigenvalue weighted by atomic mass is 16.6. The minimum Gasteiger partial charge on any atom is -0.492 e. The molecule has 0 spiro atoms. The van der Waals surface area contributed by atoms with Gasteiger partial charge < -0.3 is 19.5 Å². The summed E-state index contributed by atoms with van der Waals surface area (Å²) in [7, 11) is 0. The van der Waals surface area contributed by atoms with E-state index in [9.17, 15) is 9.59 Å². The summed E-state index contributed by atoms with van der Waals surface area (Å²) in [5, 5.41) is 2.76. The smallest absolute Gasteiger partial charge is 0.408 e. The number of hydrogen-bond acceptors (Lipinski definition) is 5. The molecular weight excluding hydrogens is 610 g/mol. The molecule has 1 aliphatic heterocycles. The van der Waals surface area contributed by atoms with Crippen LogP contribution in [0.4, 0.5) is 4.79 Å². The van der Waals surface area contributed by atoms with Gasteiger partial charge in [-0.25, -0.2) is 9.59 Å². The number of rotatable bonds is 17. The first-order chi connectivity index (χ1) is 23.0. The molecule has 4 atom stereocenters. The van der Waals surface area contributed by atoms with Crippen LogP contribution in [0.5, 0.6) is 11.5 Å². The number of nitrogens with one attached hydrogen (secondary N) is 1. The molecule has 6 heteroatoms. The van der Waals surface area contributed by atoms with Crippen LogP contribution in [0.1, 0.15) is 141 Å². The van der Waals surface area contributed by atoms with Crippen LogP contribution >= 0.6 is 0 Å². The normalized spacial score (nSPS) is 17.9. The van der Waals surface area contributed by atoms with E-state index in [1.807, 2.05) is 44.2 Å². The van der Waals surface area contributed by atoms with Gasteiger partial charge in [-0.3, -0.25) is 0 Å². The van der Waals surface area contributed by atoms with Gasteiger partial charge in [-0.1, -0.05) is 116 Å². The zero-order chi connectivity index (χ0) is 36.4. The SMILES string of the molecule is Cc1c(C)c(OC(=O)[C@@H](Cc2ccccc2)NC(=O)OC(C)(C)C)c(C)c2c1C[C@@](C)(CCC[C@@H](C)CCC[C@H](C)CCCC(C)C)CO2. The summed E-state index contributed by atoms with van der Waals surface area (Å²) in [5.41, 5.74) is 4.37. The minimum atomic E-state index is -0.919. The first-order valence-corrected chi connectivity index (χ1v) is 19.0. The predicted molar refractivity (Wildman–Crippen MR) is 202 cm³/mol. The van der Waals surface area contributed by atoms with E-state index in [-0.39, 0.29) is 11.8 Å². The van der Waals surface area contributed by atoms with Gasteiger partial charge in [0.05, 0.1) is 6.61 Å². The Morgan fingerprint density at radius 1 is 0.857 bits per heavy atom. The minimum absolute atomic E-state index is 0.0671. The van der Waals surface area contributed by atoms with E-state index in [1.165, 1.54) is 56.9 Å². The predicted octanol–water partition coefficient (Wildman–Crippen LogP) is 11.0. The monoisotopic (exact) mass is 678 g/mol. The second-order valence-electron chi connectivity index (χ2n) is 17.0.